The van der Waals surface area contributed by atoms with Crippen LogP contribution in [0.5, 0.6) is 11.5 Å². The zero-order valence-electron chi connectivity index (χ0n) is 11.6. The number of aromatic nitrogens is 1. The molecule has 0 amide bonds. The van der Waals surface area contributed by atoms with Crippen LogP contribution in [-0.2, 0) is 4.74 Å². The van der Waals surface area contributed by atoms with Crippen LogP contribution in [0.1, 0.15) is 27.8 Å². The van der Waals surface area contributed by atoms with E-state index in [-0.39, 0.29) is 11.5 Å². The third kappa shape index (κ3) is 3.36. The third-order valence-corrected chi connectivity index (χ3v) is 2.74. The van der Waals surface area contributed by atoms with Crippen LogP contribution < -0.4 is 10.5 Å². The minimum atomic E-state index is -0.565. The number of pyridine rings is 1. The fraction of sp³-hybridized carbons (Fsp3) is 0.133. The topological polar surface area (TPSA) is 91.5 Å². The van der Waals surface area contributed by atoms with Crippen molar-refractivity contribution < 1.29 is 19.1 Å². The van der Waals surface area contributed by atoms with Gasteiger partial charge in [-0.15, -0.1) is 0 Å². The lowest BCUT2D eigenvalue weighted by Crippen LogP contribution is -2.04. The Morgan fingerprint density at radius 3 is 2.62 bits per heavy atom. The number of anilines is 1. The zero-order valence-corrected chi connectivity index (χ0v) is 11.6. The smallest absolute Gasteiger partial charge is 0.356 e. The van der Waals surface area contributed by atoms with E-state index in [1.165, 1.54) is 26.3 Å². The van der Waals surface area contributed by atoms with Gasteiger partial charge in [-0.2, -0.15) is 0 Å². The lowest BCUT2D eigenvalue weighted by Gasteiger charge is -2.10. The van der Waals surface area contributed by atoms with Crippen molar-refractivity contribution in [1.82, 2.24) is 4.98 Å². The van der Waals surface area contributed by atoms with Crippen LogP contribution in [0.25, 0.3) is 0 Å². The maximum Gasteiger partial charge on any atom is 0.356 e. The summed E-state index contributed by atoms with van der Waals surface area (Å²) < 4.78 is 10.2. The molecule has 0 atom stereocenters. The molecule has 21 heavy (non-hydrogen) atoms. The Bertz CT molecular complexity index is 698. The predicted molar refractivity (Wildman–Crippen MR) is 76.5 cm³/mol. The molecule has 2 aromatic rings. The number of ether oxygens (including phenoxy) is 2. The maximum atomic E-state index is 11.6. The number of ketones is 1. The third-order valence-electron chi connectivity index (χ3n) is 2.74. The molecule has 6 nitrogen and oxygen atoms in total. The lowest BCUT2D eigenvalue weighted by molar-refractivity contribution is 0.0593. The highest BCUT2D eigenvalue weighted by molar-refractivity contribution is 5.97. The summed E-state index contributed by atoms with van der Waals surface area (Å²) in [4.78, 5) is 26.9. The first kappa shape index (κ1) is 14.5. The first-order valence-corrected chi connectivity index (χ1v) is 6.14. The highest BCUT2D eigenvalue weighted by Crippen LogP contribution is 2.27. The molecule has 2 N–H and O–H groups in total. The normalized spacial score (nSPS) is 10.0. The molecule has 0 saturated heterocycles. The van der Waals surface area contributed by atoms with Crippen LogP contribution in [0.3, 0.4) is 0 Å². The molecule has 0 aliphatic rings. The molecule has 2 rings (SSSR count). The number of carbonyl (C=O) groups excluding carboxylic acids is 2. The summed E-state index contributed by atoms with van der Waals surface area (Å²) in [5, 5.41) is 0. The van der Waals surface area contributed by atoms with Gasteiger partial charge in [0.25, 0.3) is 0 Å². The number of hydrogen-bond acceptors (Lipinski definition) is 6. The molecule has 0 radical (unpaired) electrons. The Morgan fingerprint density at radius 1 is 1.19 bits per heavy atom. The van der Waals surface area contributed by atoms with Crippen molar-refractivity contribution in [1.29, 1.82) is 0 Å². The van der Waals surface area contributed by atoms with Crippen molar-refractivity contribution in [2.24, 2.45) is 0 Å². The van der Waals surface area contributed by atoms with Gasteiger partial charge in [-0.25, -0.2) is 9.78 Å². The van der Waals surface area contributed by atoms with Gasteiger partial charge in [0, 0.05) is 18.0 Å². The number of nitrogen functional groups attached to an aromatic ring is 1. The number of hydrogen-bond donors (Lipinski definition) is 1. The average Bonchev–Trinajstić information content (AvgIpc) is 2.48. The van der Waals surface area contributed by atoms with Gasteiger partial charge in [0.05, 0.1) is 12.7 Å². The number of Topliss-reactive ketones (excluding diaryl/α,β-unsaturated/α-hetero) is 1. The summed E-state index contributed by atoms with van der Waals surface area (Å²) in [6, 6.07) is 7.79. The molecule has 0 aliphatic heterocycles. The van der Waals surface area contributed by atoms with Gasteiger partial charge in [0.1, 0.15) is 11.5 Å². The SMILES string of the molecule is COC(=O)c1cc(Oc2ccc(N)cc2C(C)=O)ccn1. The highest BCUT2D eigenvalue weighted by atomic mass is 16.5. The van der Waals surface area contributed by atoms with E-state index >= 15 is 0 Å². The summed E-state index contributed by atoms with van der Waals surface area (Å²) in [5.74, 6) is 0.000447. The largest absolute Gasteiger partial charge is 0.464 e. The van der Waals surface area contributed by atoms with E-state index in [0.29, 0.717) is 22.7 Å². The van der Waals surface area contributed by atoms with Gasteiger partial charge >= 0.3 is 5.97 Å². The monoisotopic (exact) mass is 286 g/mol. The summed E-state index contributed by atoms with van der Waals surface area (Å²) in [6.07, 6.45) is 1.42. The van der Waals surface area contributed by atoms with E-state index in [9.17, 15) is 9.59 Å². The number of nitrogens with two attached hydrogens (primary N) is 1. The minimum absolute atomic E-state index is 0.120. The number of rotatable bonds is 4. The van der Waals surface area contributed by atoms with E-state index in [1.54, 1.807) is 24.3 Å². The highest BCUT2D eigenvalue weighted by Gasteiger charge is 2.12. The Morgan fingerprint density at radius 2 is 1.95 bits per heavy atom. The van der Waals surface area contributed by atoms with Crippen LogP contribution in [0.15, 0.2) is 36.5 Å². The van der Waals surface area contributed by atoms with E-state index < -0.39 is 5.97 Å². The molecule has 108 valence electrons. The van der Waals surface area contributed by atoms with Crippen LogP contribution in [0.2, 0.25) is 0 Å². The van der Waals surface area contributed by atoms with Crippen molar-refractivity contribution >= 4 is 17.4 Å². The fourth-order valence-electron chi connectivity index (χ4n) is 1.73. The summed E-state index contributed by atoms with van der Waals surface area (Å²) in [7, 11) is 1.27. The summed E-state index contributed by atoms with van der Waals surface area (Å²) in [6.45, 7) is 1.42. The number of carbonyl (C=O) groups is 2. The molecular weight excluding hydrogens is 272 g/mol. The molecule has 6 heteroatoms. The van der Waals surface area contributed by atoms with Crippen LogP contribution in [0, 0.1) is 0 Å². The maximum absolute atomic E-state index is 11.6. The van der Waals surface area contributed by atoms with Crippen LogP contribution in [0.4, 0.5) is 5.69 Å². The van der Waals surface area contributed by atoms with Gasteiger partial charge < -0.3 is 15.2 Å². The molecule has 1 heterocycles. The van der Waals surface area contributed by atoms with Crippen molar-refractivity contribution in [2.75, 3.05) is 12.8 Å². The Kier molecular flexibility index (Phi) is 4.18. The van der Waals surface area contributed by atoms with E-state index in [4.69, 9.17) is 10.5 Å². The second-order valence-electron chi connectivity index (χ2n) is 4.28. The van der Waals surface area contributed by atoms with Gasteiger partial charge in [-0.05, 0) is 31.2 Å². The molecule has 0 spiro atoms. The molecule has 0 bridgehead atoms. The van der Waals surface area contributed by atoms with Gasteiger partial charge in [-0.1, -0.05) is 0 Å². The average molecular weight is 286 g/mol. The van der Waals surface area contributed by atoms with Gasteiger partial charge in [0.15, 0.2) is 11.5 Å². The van der Waals surface area contributed by atoms with Crippen LogP contribution >= 0.6 is 0 Å². The van der Waals surface area contributed by atoms with E-state index in [0.717, 1.165) is 0 Å². The zero-order chi connectivity index (χ0) is 15.4. The Labute approximate surface area is 121 Å². The lowest BCUT2D eigenvalue weighted by atomic mass is 10.1. The van der Waals surface area contributed by atoms with Crippen molar-refractivity contribution in [3.05, 3.63) is 47.8 Å². The van der Waals surface area contributed by atoms with E-state index in [1.807, 2.05) is 0 Å². The molecule has 1 aromatic heterocycles. The number of nitrogens with zero attached hydrogens (tertiary/aromatic N) is 1. The Hall–Kier alpha value is -2.89. The molecule has 0 fully saturated rings. The standard InChI is InChI=1S/C15H14N2O4/c1-9(18)12-7-10(16)3-4-14(12)21-11-5-6-17-13(8-11)15(19)20-2/h3-8H,16H2,1-2H3. The molecular formula is C15H14N2O4. The second kappa shape index (κ2) is 6.04. The first-order chi connectivity index (χ1) is 10.0. The van der Waals surface area contributed by atoms with Gasteiger partial charge in [0.2, 0.25) is 0 Å². The molecule has 1 aromatic carbocycles. The van der Waals surface area contributed by atoms with Crippen LogP contribution in [-0.4, -0.2) is 23.8 Å². The number of methoxy groups -OCH3 is 1. The first-order valence-electron chi connectivity index (χ1n) is 6.14. The van der Waals surface area contributed by atoms with Crippen molar-refractivity contribution in [3.8, 4) is 11.5 Å². The number of esters is 1. The summed E-state index contributed by atoms with van der Waals surface area (Å²) >= 11 is 0. The second-order valence-corrected chi connectivity index (χ2v) is 4.28. The van der Waals surface area contributed by atoms with Crippen molar-refractivity contribution in [2.45, 2.75) is 6.92 Å². The molecule has 0 unspecified atom stereocenters. The number of benzene rings is 1. The quantitative estimate of drug-likeness (QED) is 0.527. The van der Waals surface area contributed by atoms with Gasteiger partial charge in [-0.3, -0.25) is 4.79 Å². The molecule has 0 saturated carbocycles. The molecule has 0 aliphatic carbocycles. The fourth-order valence-corrected chi connectivity index (χ4v) is 1.73. The van der Waals surface area contributed by atoms with Crippen molar-refractivity contribution in [3.63, 3.8) is 0 Å². The Balaban J connectivity index is 2.34. The van der Waals surface area contributed by atoms with E-state index in [2.05, 4.69) is 9.72 Å². The predicted octanol–water partition coefficient (Wildman–Crippen LogP) is 2.45. The summed E-state index contributed by atoms with van der Waals surface area (Å²) in [5.41, 5.74) is 6.62. The minimum Gasteiger partial charge on any atom is -0.464 e.